The molecule has 1 unspecified atom stereocenters. The summed E-state index contributed by atoms with van der Waals surface area (Å²) >= 11 is 0. The van der Waals surface area contributed by atoms with Crippen molar-refractivity contribution in [2.75, 3.05) is 25.9 Å². The van der Waals surface area contributed by atoms with E-state index in [1.165, 1.54) is 103 Å². The molecule has 1 rings (SSSR count). The van der Waals surface area contributed by atoms with Crippen LogP contribution in [-0.4, -0.2) is 43.8 Å². The summed E-state index contributed by atoms with van der Waals surface area (Å²) in [7, 11) is -3.67. The van der Waals surface area contributed by atoms with Gasteiger partial charge < -0.3 is 4.90 Å². The molecule has 4 nitrogen and oxygen atoms in total. The van der Waals surface area contributed by atoms with Crippen molar-refractivity contribution in [1.82, 2.24) is 4.90 Å². The van der Waals surface area contributed by atoms with Gasteiger partial charge in [0, 0.05) is 6.54 Å². The molecular weight excluding hydrogens is 334 g/mol. The van der Waals surface area contributed by atoms with Crippen molar-refractivity contribution in [3.05, 3.63) is 0 Å². The lowest BCUT2D eigenvalue weighted by molar-refractivity contribution is 0.169. The van der Waals surface area contributed by atoms with Crippen LogP contribution in [0.15, 0.2) is 0 Å². The normalized spacial score (nSPS) is 18.6. The molecule has 1 atom stereocenters. The summed E-state index contributed by atoms with van der Waals surface area (Å²) in [5, 5.41) is 0. The fraction of sp³-hybridized carbons (Fsp3) is 1.00. The van der Waals surface area contributed by atoms with Gasteiger partial charge in [0.15, 0.2) is 0 Å². The van der Waals surface area contributed by atoms with Gasteiger partial charge in [0.05, 0.1) is 6.26 Å². The van der Waals surface area contributed by atoms with Gasteiger partial charge in [-0.3, -0.25) is 4.55 Å². The van der Waals surface area contributed by atoms with Crippen LogP contribution in [0.4, 0.5) is 0 Å². The second-order valence-corrected chi connectivity index (χ2v) is 9.10. The third kappa shape index (κ3) is 20.0. The van der Waals surface area contributed by atoms with E-state index in [-0.39, 0.29) is 0 Å². The van der Waals surface area contributed by atoms with Gasteiger partial charge in [-0.2, -0.15) is 8.42 Å². The minimum atomic E-state index is -3.67. The van der Waals surface area contributed by atoms with Gasteiger partial charge in [0.25, 0.3) is 10.1 Å². The highest BCUT2D eigenvalue weighted by molar-refractivity contribution is 7.85. The van der Waals surface area contributed by atoms with E-state index in [1.54, 1.807) is 0 Å². The summed E-state index contributed by atoms with van der Waals surface area (Å²) in [6.07, 6.45) is 19.6. The lowest BCUT2D eigenvalue weighted by atomic mass is 9.95. The maximum atomic E-state index is 9.19. The molecular formula is C20H43NO3S. The van der Waals surface area contributed by atoms with E-state index in [0.717, 1.165) is 5.92 Å². The first-order chi connectivity index (χ1) is 11.9. The number of nitrogens with zero attached hydrogens (tertiary/aromatic N) is 1. The van der Waals surface area contributed by atoms with Crippen LogP contribution >= 0.6 is 0 Å². The van der Waals surface area contributed by atoms with Crippen molar-refractivity contribution in [1.29, 1.82) is 0 Å². The Morgan fingerprint density at radius 3 is 1.88 bits per heavy atom. The summed E-state index contributed by atoms with van der Waals surface area (Å²) < 4.78 is 25.9. The molecule has 1 aliphatic heterocycles. The Morgan fingerprint density at radius 1 is 0.920 bits per heavy atom. The van der Waals surface area contributed by atoms with Gasteiger partial charge in [-0.25, -0.2) is 0 Å². The summed E-state index contributed by atoms with van der Waals surface area (Å²) in [6.45, 7) is 8.77. The van der Waals surface area contributed by atoms with E-state index < -0.39 is 10.1 Å². The van der Waals surface area contributed by atoms with Gasteiger partial charge in [0.1, 0.15) is 0 Å². The average molecular weight is 378 g/mol. The molecule has 0 aromatic heterocycles. The van der Waals surface area contributed by atoms with Gasteiger partial charge >= 0.3 is 0 Å². The minimum Gasteiger partial charge on any atom is -0.303 e. The van der Waals surface area contributed by atoms with Crippen molar-refractivity contribution >= 4 is 10.1 Å². The Morgan fingerprint density at radius 2 is 1.40 bits per heavy atom. The van der Waals surface area contributed by atoms with Gasteiger partial charge in [-0.15, -0.1) is 0 Å². The quantitative estimate of drug-likeness (QED) is 0.359. The zero-order chi connectivity index (χ0) is 19.0. The van der Waals surface area contributed by atoms with Crippen molar-refractivity contribution in [2.24, 2.45) is 5.92 Å². The van der Waals surface area contributed by atoms with Crippen LogP contribution < -0.4 is 0 Å². The summed E-state index contributed by atoms with van der Waals surface area (Å²) in [4.78, 5) is 2.72. The molecule has 0 aliphatic carbocycles. The van der Waals surface area contributed by atoms with Gasteiger partial charge in [-0.05, 0) is 38.3 Å². The van der Waals surface area contributed by atoms with Crippen LogP contribution in [0.2, 0.25) is 0 Å². The van der Waals surface area contributed by atoms with Crippen molar-refractivity contribution in [2.45, 2.75) is 97.3 Å². The van der Waals surface area contributed by atoms with E-state index >= 15 is 0 Å². The smallest absolute Gasteiger partial charge is 0.261 e. The fourth-order valence-electron chi connectivity index (χ4n) is 3.51. The van der Waals surface area contributed by atoms with E-state index in [1.807, 2.05) is 0 Å². The zero-order valence-corrected chi connectivity index (χ0v) is 17.8. The van der Waals surface area contributed by atoms with Crippen molar-refractivity contribution in [3.63, 3.8) is 0 Å². The van der Waals surface area contributed by atoms with Crippen LogP contribution in [0.3, 0.4) is 0 Å². The molecule has 5 heteroatoms. The van der Waals surface area contributed by atoms with Crippen molar-refractivity contribution < 1.29 is 13.0 Å². The number of rotatable bonds is 12. The largest absolute Gasteiger partial charge is 0.303 e. The Balaban J connectivity index is 0.00000101. The van der Waals surface area contributed by atoms with E-state index in [0.29, 0.717) is 6.26 Å². The Hall–Kier alpha value is -0.130. The van der Waals surface area contributed by atoms with Crippen molar-refractivity contribution in [3.8, 4) is 0 Å². The fourth-order valence-corrected chi connectivity index (χ4v) is 3.51. The number of likely N-dealkylation sites (tertiary alicyclic amines) is 1. The molecule has 0 amide bonds. The maximum Gasteiger partial charge on any atom is 0.261 e. The van der Waals surface area contributed by atoms with Crippen LogP contribution in [0.5, 0.6) is 0 Å². The van der Waals surface area contributed by atoms with E-state index in [4.69, 9.17) is 4.55 Å². The second kappa shape index (κ2) is 16.1. The summed E-state index contributed by atoms with van der Waals surface area (Å²) in [5.74, 6) is 0.992. The lowest BCUT2D eigenvalue weighted by Gasteiger charge is -2.32. The van der Waals surface area contributed by atoms with Crippen LogP contribution in [0, 0.1) is 5.92 Å². The van der Waals surface area contributed by atoms with Crippen LogP contribution in [0.25, 0.3) is 0 Å². The molecule has 1 saturated heterocycles. The SMILES string of the molecule is CCCCCCCCCCCCN1CCCC(CC)C1.CS(=O)(=O)O. The molecule has 1 N–H and O–H groups in total. The number of hydrogen-bond acceptors (Lipinski definition) is 3. The number of unbranched alkanes of at least 4 members (excludes halogenated alkanes) is 9. The number of piperidine rings is 1. The monoisotopic (exact) mass is 377 g/mol. The first-order valence-corrected chi connectivity index (χ1v) is 12.4. The van der Waals surface area contributed by atoms with Crippen LogP contribution in [-0.2, 0) is 10.1 Å². The molecule has 1 heterocycles. The first kappa shape index (κ1) is 24.9. The zero-order valence-electron chi connectivity index (χ0n) is 17.0. The second-order valence-electron chi connectivity index (χ2n) is 7.63. The first-order valence-electron chi connectivity index (χ1n) is 10.5. The summed E-state index contributed by atoms with van der Waals surface area (Å²) in [5.41, 5.74) is 0. The minimum absolute atomic E-state index is 0.715. The Bertz CT molecular complexity index is 376. The maximum absolute atomic E-state index is 9.19. The topological polar surface area (TPSA) is 57.6 Å². The molecule has 152 valence electrons. The highest BCUT2D eigenvalue weighted by atomic mass is 32.2. The Labute approximate surface area is 157 Å². The number of hydrogen-bond donors (Lipinski definition) is 1. The molecule has 1 aliphatic rings. The lowest BCUT2D eigenvalue weighted by Crippen LogP contribution is -2.35. The van der Waals surface area contributed by atoms with Gasteiger partial charge in [0.2, 0.25) is 0 Å². The van der Waals surface area contributed by atoms with Crippen LogP contribution in [0.1, 0.15) is 97.3 Å². The molecule has 0 spiro atoms. The Kier molecular flexibility index (Phi) is 16.0. The molecule has 0 bridgehead atoms. The van der Waals surface area contributed by atoms with E-state index in [2.05, 4.69) is 18.7 Å². The molecule has 25 heavy (non-hydrogen) atoms. The third-order valence-corrected chi connectivity index (χ3v) is 5.01. The average Bonchev–Trinajstić information content (AvgIpc) is 2.55. The highest BCUT2D eigenvalue weighted by Gasteiger charge is 2.17. The summed E-state index contributed by atoms with van der Waals surface area (Å²) in [6, 6.07) is 0. The third-order valence-electron chi connectivity index (χ3n) is 5.01. The highest BCUT2D eigenvalue weighted by Crippen LogP contribution is 2.19. The molecule has 0 aromatic carbocycles. The van der Waals surface area contributed by atoms with E-state index in [9.17, 15) is 8.42 Å². The predicted molar refractivity (Wildman–Crippen MR) is 109 cm³/mol. The molecule has 0 saturated carbocycles. The molecule has 0 radical (unpaired) electrons. The standard InChI is InChI=1S/C19H39N.CH4O3S/c1-3-5-6-7-8-9-10-11-12-13-16-20-17-14-15-19(4-2)18-20;1-5(2,3)4/h19H,3-18H2,1-2H3;1H3,(H,2,3,4). The van der Waals surface area contributed by atoms with Gasteiger partial charge in [-0.1, -0.05) is 78.1 Å². The molecule has 0 aromatic rings. The predicted octanol–water partition coefficient (Wildman–Crippen LogP) is 5.53. The molecule has 1 fully saturated rings.